The van der Waals surface area contributed by atoms with Crippen LogP contribution < -0.4 is 10.6 Å². The second kappa shape index (κ2) is 7.95. The van der Waals surface area contributed by atoms with E-state index in [9.17, 15) is 4.79 Å². The number of carbonyl (C=O) groups is 1. The van der Waals surface area contributed by atoms with Crippen LogP contribution in [-0.2, 0) is 19.5 Å². The van der Waals surface area contributed by atoms with Crippen LogP contribution in [0, 0.1) is 6.92 Å². The van der Waals surface area contributed by atoms with Crippen molar-refractivity contribution in [2.24, 2.45) is 0 Å². The average molecular weight is 415 g/mol. The average Bonchev–Trinajstić information content (AvgIpc) is 3.02. The van der Waals surface area contributed by atoms with Gasteiger partial charge in [-0.3, -0.25) is 9.48 Å². The van der Waals surface area contributed by atoms with Crippen LogP contribution in [0.3, 0.4) is 0 Å². The van der Waals surface area contributed by atoms with Crippen molar-refractivity contribution >= 4 is 34.9 Å². The lowest BCUT2D eigenvalue weighted by Crippen LogP contribution is -2.24. The second-order valence-corrected chi connectivity index (χ2v) is 7.77. The van der Waals surface area contributed by atoms with E-state index in [0.717, 1.165) is 30.8 Å². The van der Waals surface area contributed by atoms with Gasteiger partial charge in [-0.05, 0) is 60.8 Å². The van der Waals surface area contributed by atoms with Crippen molar-refractivity contribution in [1.82, 2.24) is 15.1 Å². The maximum Gasteiger partial charge on any atom is 0.256 e. The third kappa shape index (κ3) is 4.07. The summed E-state index contributed by atoms with van der Waals surface area (Å²) in [6, 6.07) is 13.1. The minimum Gasteiger partial charge on any atom is -0.312 e. The van der Waals surface area contributed by atoms with Crippen molar-refractivity contribution in [2.45, 2.75) is 26.4 Å². The number of benzene rings is 2. The molecule has 0 aliphatic carbocycles. The Hall–Kier alpha value is -2.34. The first kappa shape index (κ1) is 19.0. The summed E-state index contributed by atoms with van der Waals surface area (Å²) >= 11 is 12.2. The van der Waals surface area contributed by atoms with Gasteiger partial charge in [0.15, 0.2) is 5.82 Å². The van der Waals surface area contributed by atoms with E-state index in [0.29, 0.717) is 28.0 Å². The summed E-state index contributed by atoms with van der Waals surface area (Å²) in [5.41, 5.74) is 4.97. The molecule has 1 aliphatic heterocycles. The van der Waals surface area contributed by atoms with Gasteiger partial charge in [0.2, 0.25) is 0 Å². The molecule has 3 aromatic rings. The van der Waals surface area contributed by atoms with E-state index < -0.39 is 0 Å². The van der Waals surface area contributed by atoms with Crippen LogP contribution >= 0.6 is 23.2 Å². The van der Waals surface area contributed by atoms with Gasteiger partial charge >= 0.3 is 0 Å². The van der Waals surface area contributed by atoms with Crippen LogP contribution in [0.2, 0.25) is 10.0 Å². The molecule has 0 radical (unpaired) electrons. The fourth-order valence-corrected chi connectivity index (χ4v) is 3.82. The van der Waals surface area contributed by atoms with Crippen LogP contribution in [0.5, 0.6) is 0 Å². The summed E-state index contributed by atoms with van der Waals surface area (Å²) in [4.78, 5) is 12.7. The number of amides is 1. The number of aromatic nitrogens is 2. The van der Waals surface area contributed by atoms with Gasteiger partial charge in [0.1, 0.15) is 0 Å². The molecule has 144 valence electrons. The minimum atomic E-state index is -0.157. The summed E-state index contributed by atoms with van der Waals surface area (Å²) in [5.74, 6) is 0.363. The number of rotatable bonds is 4. The molecule has 0 atom stereocenters. The van der Waals surface area contributed by atoms with Gasteiger partial charge in [0, 0.05) is 33.9 Å². The molecule has 2 aromatic carbocycles. The zero-order chi connectivity index (χ0) is 19.7. The molecule has 0 saturated heterocycles. The van der Waals surface area contributed by atoms with Gasteiger partial charge in [-0.15, -0.1) is 0 Å². The lowest BCUT2D eigenvalue weighted by molar-refractivity contribution is 0.102. The third-order valence-electron chi connectivity index (χ3n) is 4.91. The quantitative estimate of drug-likeness (QED) is 0.662. The minimum absolute atomic E-state index is 0.157. The molecule has 1 amide bonds. The number of nitrogens with one attached hydrogen (secondary N) is 2. The topological polar surface area (TPSA) is 59.0 Å². The SMILES string of the molecule is Cc1cc(NC(=O)c2ccc3c(c2)CCNC3)nn1Cc1ccc(Cl)cc1Cl. The first-order valence-corrected chi connectivity index (χ1v) is 9.87. The van der Waals surface area contributed by atoms with Crippen molar-refractivity contribution < 1.29 is 4.79 Å². The molecule has 0 spiro atoms. The van der Waals surface area contributed by atoms with E-state index in [-0.39, 0.29) is 5.91 Å². The zero-order valence-electron chi connectivity index (χ0n) is 15.4. The Balaban J connectivity index is 1.50. The fraction of sp³-hybridized carbons (Fsp3) is 0.238. The Kier molecular flexibility index (Phi) is 5.40. The van der Waals surface area contributed by atoms with Crippen LogP contribution in [0.15, 0.2) is 42.5 Å². The van der Waals surface area contributed by atoms with Gasteiger partial charge in [-0.1, -0.05) is 35.3 Å². The van der Waals surface area contributed by atoms with Gasteiger partial charge in [-0.25, -0.2) is 0 Å². The molecule has 0 unspecified atom stereocenters. The summed E-state index contributed by atoms with van der Waals surface area (Å²) in [6.07, 6.45) is 0.937. The standard InChI is InChI=1S/C21H20Cl2N4O/c1-13-8-20(26-27(13)12-17-4-5-18(22)10-19(17)23)25-21(28)15-2-3-16-11-24-7-6-14(16)9-15/h2-5,8-10,24H,6-7,11-12H2,1H3,(H,25,26,28). The van der Waals surface area contributed by atoms with Crippen molar-refractivity contribution in [1.29, 1.82) is 0 Å². The largest absolute Gasteiger partial charge is 0.312 e. The Labute approximate surface area is 173 Å². The number of halogens is 2. The predicted octanol–water partition coefficient (Wildman–Crippen LogP) is 4.44. The van der Waals surface area contributed by atoms with Crippen LogP contribution in [0.4, 0.5) is 5.82 Å². The van der Waals surface area contributed by atoms with Crippen molar-refractivity contribution in [3.63, 3.8) is 0 Å². The Morgan fingerprint density at radius 2 is 2.04 bits per heavy atom. The van der Waals surface area contributed by atoms with E-state index in [1.807, 2.05) is 41.9 Å². The maximum atomic E-state index is 12.7. The Morgan fingerprint density at radius 1 is 1.18 bits per heavy atom. The van der Waals surface area contributed by atoms with E-state index >= 15 is 0 Å². The number of nitrogens with zero attached hydrogens (tertiary/aromatic N) is 2. The van der Waals surface area contributed by atoms with Crippen molar-refractivity contribution in [3.8, 4) is 0 Å². The highest BCUT2D eigenvalue weighted by molar-refractivity contribution is 6.35. The van der Waals surface area contributed by atoms with E-state index in [4.69, 9.17) is 23.2 Å². The highest BCUT2D eigenvalue weighted by Crippen LogP contribution is 2.23. The zero-order valence-corrected chi connectivity index (χ0v) is 16.9. The highest BCUT2D eigenvalue weighted by atomic mass is 35.5. The second-order valence-electron chi connectivity index (χ2n) is 6.93. The fourth-order valence-electron chi connectivity index (χ4n) is 3.35. The summed E-state index contributed by atoms with van der Waals surface area (Å²) in [6.45, 7) is 4.24. The van der Waals surface area contributed by atoms with Crippen LogP contribution in [-0.4, -0.2) is 22.2 Å². The number of fused-ring (bicyclic) bond motifs is 1. The van der Waals surface area contributed by atoms with Crippen LogP contribution in [0.25, 0.3) is 0 Å². The molecule has 7 heteroatoms. The molecule has 0 fully saturated rings. The van der Waals surface area contributed by atoms with Crippen molar-refractivity contribution in [2.75, 3.05) is 11.9 Å². The van der Waals surface area contributed by atoms with Gasteiger partial charge in [0.25, 0.3) is 5.91 Å². The third-order valence-corrected chi connectivity index (χ3v) is 5.50. The molecule has 0 bridgehead atoms. The summed E-state index contributed by atoms with van der Waals surface area (Å²) in [7, 11) is 0. The van der Waals surface area contributed by atoms with Gasteiger partial charge in [0.05, 0.1) is 6.54 Å². The van der Waals surface area contributed by atoms with E-state index in [1.54, 1.807) is 12.1 Å². The van der Waals surface area contributed by atoms with E-state index in [2.05, 4.69) is 15.7 Å². The Bertz CT molecular complexity index is 1040. The Morgan fingerprint density at radius 3 is 2.86 bits per heavy atom. The molecule has 1 aliphatic rings. The van der Waals surface area contributed by atoms with Crippen molar-refractivity contribution in [3.05, 3.63) is 80.5 Å². The first-order valence-electron chi connectivity index (χ1n) is 9.12. The molecule has 4 rings (SSSR count). The van der Waals surface area contributed by atoms with Gasteiger partial charge < -0.3 is 10.6 Å². The lowest BCUT2D eigenvalue weighted by Gasteiger charge is -2.17. The number of aryl methyl sites for hydroxylation is 1. The molecule has 5 nitrogen and oxygen atoms in total. The van der Waals surface area contributed by atoms with Gasteiger partial charge in [-0.2, -0.15) is 5.10 Å². The number of anilines is 1. The highest BCUT2D eigenvalue weighted by Gasteiger charge is 2.14. The van der Waals surface area contributed by atoms with E-state index in [1.165, 1.54) is 11.1 Å². The monoisotopic (exact) mass is 414 g/mol. The smallest absolute Gasteiger partial charge is 0.256 e. The number of carbonyl (C=O) groups excluding carboxylic acids is 1. The molecule has 2 heterocycles. The molecule has 1 aromatic heterocycles. The molecular weight excluding hydrogens is 395 g/mol. The number of hydrogen-bond donors (Lipinski definition) is 2. The van der Waals surface area contributed by atoms with Crippen LogP contribution in [0.1, 0.15) is 32.7 Å². The molecule has 0 saturated carbocycles. The molecule has 28 heavy (non-hydrogen) atoms. The summed E-state index contributed by atoms with van der Waals surface area (Å²) in [5, 5.41) is 11.9. The number of hydrogen-bond acceptors (Lipinski definition) is 3. The first-order chi connectivity index (χ1) is 13.5. The summed E-state index contributed by atoms with van der Waals surface area (Å²) < 4.78 is 1.81. The lowest BCUT2D eigenvalue weighted by atomic mass is 9.98. The predicted molar refractivity (Wildman–Crippen MR) is 112 cm³/mol. The normalized spacial score (nSPS) is 13.2. The molecular formula is C21H20Cl2N4O. The maximum absolute atomic E-state index is 12.7. The molecule has 2 N–H and O–H groups in total.